The molecule has 0 spiro atoms. The first kappa shape index (κ1) is 27.7. The highest BCUT2D eigenvalue weighted by molar-refractivity contribution is 6.39. The molecular weight excluding hydrogens is 533 g/mol. The van der Waals surface area contributed by atoms with Gasteiger partial charge in [0.2, 0.25) is 0 Å². The van der Waals surface area contributed by atoms with E-state index in [0.717, 1.165) is 22.3 Å². The molecule has 38 heavy (non-hydrogen) atoms. The molecule has 1 saturated heterocycles. The molecule has 200 valence electrons. The van der Waals surface area contributed by atoms with Gasteiger partial charge in [0.25, 0.3) is 5.91 Å². The number of esters is 1. The average molecular weight is 560 g/mol. The molecule has 1 fully saturated rings. The summed E-state index contributed by atoms with van der Waals surface area (Å²) in [7, 11) is 4.43. The van der Waals surface area contributed by atoms with E-state index < -0.39 is 24.2 Å². The van der Waals surface area contributed by atoms with Crippen LogP contribution in [-0.2, 0) is 25.4 Å². The number of nitrogens with one attached hydrogen (secondary N) is 1. The highest BCUT2D eigenvalue weighted by atomic mass is 35.5. The molecule has 1 amide bonds. The monoisotopic (exact) mass is 559 g/mol. The fraction of sp³-hybridized carbons (Fsp3) is 0.286. The van der Waals surface area contributed by atoms with E-state index in [2.05, 4.69) is 5.32 Å². The van der Waals surface area contributed by atoms with Crippen LogP contribution in [0.5, 0.6) is 11.5 Å². The van der Waals surface area contributed by atoms with E-state index in [0.29, 0.717) is 24.7 Å². The van der Waals surface area contributed by atoms with Crippen LogP contribution in [0.15, 0.2) is 54.6 Å². The zero-order valence-corrected chi connectivity index (χ0v) is 22.6. The van der Waals surface area contributed by atoms with Crippen molar-refractivity contribution in [1.82, 2.24) is 5.32 Å². The third kappa shape index (κ3) is 6.05. The average Bonchev–Trinajstić information content (AvgIpc) is 3.47. The molecule has 8 nitrogen and oxygen atoms in total. The third-order valence-corrected chi connectivity index (χ3v) is 6.72. The van der Waals surface area contributed by atoms with Gasteiger partial charge in [-0.15, -0.1) is 0 Å². The standard InChI is InChI=1S/C28H27Cl2NO7/c1-34-22-14-18(28-37-11-12-38-28)15-23(35-2)24(22)17-9-7-16(8-10-17)13-21(27(33)36-3)31-26(32)25-19(29)5-4-6-20(25)30/h4-10,14-15,21,28H,11-13H2,1-3H3,(H,31,32)/t21-/m0/s1. The van der Waals surface area contributed by atoms with Gasteiger partial charge in [-0.2, -0.15) is 0 Å². The Kier molecular flexibility index (Phi) is 9.12. The SMILES string of the molecule is COC(=O)[C@H](Cc1ccc(-c2c(OC)cc(C3OCCO3)cc2OC)cc1)NC(=O)c1c(Cl)cccc1Cl. The smallest absolute Gasteiger partial charge is 0.328 e. The van der Waals surface area contributed by atoms with E-state index in [9.17, 15) is 9.59 Å². The molecule has 0 unspecified atom stereocenters. The molecule has 3 aromatic carbocycles. The predicted octanol–water partition coefficient (Wildman–Crippen LogP) is 5.24. The molecule has 1 aliphatic heterocycles. The van der Waals surface area contributed by atoms with Crippen molar-refractivity contribution in [2.75, 3.05) is 34.5 Å². The van der Waals surface area contributed by atoms with Crippen LogP contribution in [0.2, 0.25) is 10.0 Å². The summed E-state index contributed by atoms with van der Waals surface area (Å²) in [5.74, 6) is 0.0309. The molecule has 4 rings (SSSR count). The van der Waals surface area contributed by atoms with E-state index in [4.69, 9.17) is 46.9 Å². The minimum atomic E-state index is -0.958. The number of amides is 1. The molecule has 0 radical (unpaired) electrons. The van der Waals surface area contributed by atoms with Gasteiger partial charge in [-0.25, -0.2) is 4.79 Å². The molecule has 0 saturated carbocycles. The van der Waals surface area contributed by atoms with Crippen LogP contribution in [-0.4, -0.2) is 52.5 Å². The van der Waals surface area contributed by atoms with Crippen LogP contribution in [0.25, 0.3) is 11.1 Å². The Balaban J connectivity index is 1.57. The zero-order chi connectivity index (χ0) is 27.2. The van der Waals surface area contributed by atoms with Crippen molar-refractivity contribution in [3.63, 3.8) is 0 Å². The van der Waals surface area contributed by atoms with Crippen molar-refractivity contribution in [2.45, 2.75) is 18.8 Å². The molecule has 10 heteroatoms. The maximum atomic E-state index is 12.9. The van der Waals surface area contributed by atoms with Gasteiger partial charge in [0, 0.05) is 12.0 Å². The molecular formula is C28H27Cl2NO7. The third-order valence-electron chi connectivity index (χ3n) is 6.09. The van der Waals surface area contributed by atoms with Gasteiger partial charge >= 0.3 is 5.97 Å². The molecule has 3 aromatic rings. The minimum absolute atomic E-state index is 0.0936. The number of benzene rings is 3. The van der Waals surface area contributed by atoms with Crippen molar-refractivity contribution in [3.05, 3.63) is 81.3 Å². The number of rotatable bonds is 9. The molecule has 0 bridgehead atoms. The van der Waals surface area contributed by atoms with Crippen LogP contribution < -0.4 is 14.8 Å². The predicted molar refractivity (Wildman–Crippen MR) is 143 cm³/mol. The normalized spacial score (nSPS) is 14.1. The summed E-state index contributed by atoms with van der Waals surface area (Å²) >= 11 is 12.3. The van der Waals surface area contributed by atoms with Gasteiger partial charge in [-0.3, -0.25) is 4.79 Å². The molecule has 1 atom stereocenters. The van der Waals surface area contributed by atoms with Crippen LogP contribution >= 0.6 is 23.2 Å². The Morgan fingerprint density at radius 3 is 2.05 bits per heavy atom. The number of carbonyl (C=O) groups excluding carboxylic acids is 2. The van der Waals surface area contributed by atoms with E-state index in [1.54, 1.807) is 32.4 Å². The topological polar surface area (TPSA) is 92.3 Å². The van der Waals surface area contributed by atoms with Crippen molar-refractivity contribution in [2.24, 2.45) is 0 Å². The van der Waals surface area contributed by atoms with E-state index in [1.807, 2.05) is 36.4 Å². The summed E-state index contributed by atoms with van der Waals surface area (Å²) in [5, 5.41) is 3.05. The van der Waals surface area contributed by atoms with E-state index in [1.165, 1.54) is 7.11 Å². The van der Waals surface area contributed by atoms with E-state index in [-0.39, 0.29) is 22.0 Å². The van der Waals surface area contributed by atoms with Crippen molar-refractivity contribution in [1.29, 1.82) is 0 Å². The largest absolute Gasteiger partial charge is 0.496 e. The second-order valence-corrected chi connectivity index (χ2v) is 9.24. The minimum Gasteiger partial charge on any atom is -0.496 e. The second kappa shape index (κ2) is 12.5. The van der Waals surface area contributed by atoms with Gasteiger partial charge in [-0.1, -0.05) is 53.5 Å². The van der Waals surface area contributed by atoms with Gasteiger partial charge < -0.3 is 29.0 Å². The summed E-state index contributed by atoms with van der Waals surface area (Å²) in [4.78, 5) is 25.4. The van der Waals surface area contributed by atoms with Crippen LogP contribution in [0, 0.1) is 0 Å². The number of hydrogen-bond acceptors (Lipinski definition) is 7. The van der Waals surface area contributed by atoms with Crippen LogP contribution in [0.1, 0.15) is 27.8 Å². The Morgan fingerprint density at radius 1 is 0.947 bits per heavy atom. The Hall–Kier alpha value is -3.30. The Morgan fingerprint density at radius 2 is 1.53 bits per heavy atom. The number of carbonyl (C=O) groups is 2. The molecule has 0 aliphatic carbocycles. The van der Waals surface area contributed by atoms with Crippen molar-refractivity contribution < 1.29 is 33.3 Å². The summed E-state index contributed by atoms with van der Waals surface area (Å²) in [6.45, 7) is 1.05. The van der Waals surface area contributed by atoms with E-state index >= 15 is 0 Å². The molecule has 1 N–H and O–H groups in total. The van der Waals surface area contributed by atoms with Crippen LogP contribution in [0.4, 0.5) is 0 Å². The fourth-order valence-corrected chi connectivity index (χ4v) is 4.80. The maximum Gasteiger partial charge on any atom is 0.328 e. The van der Waals surface area contributed by atoms with Gasteiger partial charge in [0.05, 0.1) is 55.7 Å². The molecule has 1 heterocycles. The summed E-state index contributed by atoms with van der Waals surface area (Å²) < 4.78 is 27.5. The first-order valence-corrected chi connectivity index (χ1v) is 12.5. The Bertz CT molecular complexity index is 1260. The van der Waals surface area contributed by atoms with Gasteiger partial charge in [-0.05, 0) is 35.4 Å². The summed E-state index contributed by atoms with van der Waals surface area (Å²) in [5.41, 5.74) is 3.28. The molecule has 1 aliphatic rings. The van der Waals surface area contributed by atoms with Gasteiger partial charge in [0.15, 0.2) is 6.29 Å². The Labute approximate surface area is 230 Å². The van der Waals surface area contributed by atoms with Crippen molar-refractivity contribution >= 4 is 35.1 Å². The number of hydrogen-bond donors (Lipinski definition) is 1. The summed E-state index contributed by atoms with van der Waals surface area (Å²) in [6, 6.07) is 15.0. The first-order chi connectivity index (χ1) is 18.4. The number of methoxy groups -OCH3 is 3. The van der Waals surface area contributed by atoms with Crippen molar-refractivity contribution in [3.8, 4) is 22.6 Å². The highest BCUT2D eigenvalue weighted by Gasteiger charge is 2.26. The summed E-state index contributed by atoms with van der Waals surface area (Å²) in [6.07, 6.45) is -0.287. The lowest BCUT2D eigenvalue weighted by molar-refractivity contribution is -0.142. The molecule has 0 aromatic heterocycles. The lowest BCUT2D eigenvalue weighted by Crippen LogP contribution is -2.43. The lowest BCUT2D eigenvalue weighted by atomic mass is 9.97. The van der Waals surface area contributed by atoms with Crippen LogP contribution in [0.3, 0.4) is 0 Å². The lowest BCUT2D eigenvalue weighted by Gasteiger charge is -2.19. The number of ether oxygens (including phenoxy) is 5. The zero-order valence-electron chi connectivity index (χ0n) is 21.1. The fourth-order valence-electron chi connectivity index (χ4n) is 4.23. The van der Waals surface area contributed by atoms with Gasteiger partial charge in [0.1, 0.15) is 17.5 Å². The highest BCUT2D eigenvalue weighted by Crippen LogP contribution is 2.42. The second-order valence-electron chi connectivity index (χ2n) is 8.42. The first-order valence-electron chi connectivity index (χ1n) is 11.8. The maximum absolute atomic E-state index is 12.9. The number of halogens is 2. The quantitative estimate of drug-likeness (QED) is 0.358.